The van der Waals surface area contributed by atoms with Crippen molar-refractivity contribution in [2.45, 2.75) is 38.9 Å². The Hall–Kier alpha value is -4.19. The standard InChI is InChI=1S/C29H33N5O6S/c1-4-33-27-21(29(36)32(3)24-10-7-14-30-28(24)33)17-20(18-31-27)13-16-40-25-11-6-9-23-22(25)19-41(37,38)34(23)15-8-12-26(35)39-5-2/h6-7,9-11,14,17-18H,4-5,8,12-13,15-16,19H2,1-3H3. The fourth-order valence-corrected chi connectivity index (χ4v) is 6.86. The molecule has 12 heteroatoms. The van der Waals surface area contributed by atoms with Crippen LogP contribution in [-0.2, 0) is 31.7 Å². The molecular weight excluding hydrogens is 546 g/mol. The van der Waals surface area contributed by atoms with Crippen LogP contribution in [-0.4, -0.2) is 63.6 Å². The van der Waals surface area contributed by atoms with Gasteiger partial charge < -0.3 is 19.3 Å². The average molecular weight is 580 g/mol. The molecule has 0 atom stereocenters. The number of hydrogen-bond donors (Lipinski definition) is 0. The molecule has 5 rings (SSSR count). The monoisotopic (exact) mass is 579 g/mol. The topological polar surface area (TPSA) is 122 Å². The van der Waals surface area contributed by atoms with Gasteiger partial charge in [0.05, 0.1) is 30.2 Å². The average Bonchev–Trinajstić information content (AvgIpc) is 3.18. The Morgan fingerprint density at radius 1 is 1.07 bits per heavy atom. The molecule has 0 radical (unpaired) electrons. The number of rotatable bonds is 10. The van der Waals surface area contributed by atoms with E-state index in [4.69, 9.17) is 9.47 Å². The number of benzene rings is 1. The van der Waals surface area contributed by atoms with E-state index in [2.05, 4.69) is 9.97 Å². The largest absolute Gasteiger partial charge is 0.493 e. The Morgan fingerprint density at radius 3 is 2.66 bits per heavy atom. The lowest BCUT2D eigenvalue weighted by Crippen LogP contribution is -2.28. The lowest BCUT2D eigenvalue weighted by Gasteiger charge is -2.22. The van der Waals surface area contributed by atoms with Crippen molar-refractivity contribution in [1.82, 2.24) is 9.97 Å². The van der Waals surface area contributed by atoms with Gasteiger partial charge in [-0.2, -0.15) is 0 Å². The van der Waals surface area contributed by atoms with E-state index in [-0.39, 0.29) is 37.2 Å². The molecule has 0 spiro atoms. The van der Waals surface area contributed by atoms with Crippen LogP contribution in [0.1, 0.15) is 48.2 Å². The lowest BCUT2D eigenvalue weighted by molar-refractivity contribution is -0.143. The highest BCUT2D eigenvalue weighted by molar-refractivity contribution is 7.92. The van der Waals surface area contributed by atoms with E-state index in [0.29, 0.717) is 65.9 Å². The molecule has 1 amide bonds. The number of pyridine rings is 2. The molecule has 41 heavy (non-hydrogen) atoms. The van der Waals surface area contributed by atoms with E-state index >= 15 is 0 Å². The molecule has 0 aliphatic carbocycles. The fourth-order valence-electron chi connectivity index (χ4n) is 5.17. The zero-order valence-electron chi connectivity index (χ0n) is 23.4. The summed E-state index contributed by atoms with van der Waals surface area (Å²) in [5.74, 6) is 1.05. The lowest BCUT2D eigenvalue weighted by atomic mass is 10.1. The van der Waals surface area contributed by atoms with Crippen LogP contribution in [0.25, 0.3) is 0 Å². The first-order valence-electron chi connectivity index (χ1n) is 13.7. The summed E-state index contributed by atoms with van der Waals surface area (Å²) < 4.78 is 38.2. The van der Waals surface area contributed by atoms with Gasteiger partial charge in [0, 0.05) is 50.9 Å². The predicted molar refractivity (Wildman–Crippen MR) is 155 cm³/mol. The Labute approximate surface area is 239 Å². The van der Waals surface area contributed by atoms with Crippen molar-refractivity contribution in [2.75, 3.05) is 47.5 Å². The van der Waals surface area contributed by atoms with E-state index in [1.165, 1.54) is 4.31 Å². The van der Waals surface area contributed by atoms with Gasteiger partial charge in [-0.25, -0.2) is 18.4 Å². The third-order valence-electron chi connectivity index (χ3n) is 7.15. The van der Waals surface area contributed by atoms with Gasteiger partial charge >= 0.3 is 5.97 Å². The van der Waals surface area contributed by atoms with Crippen molar-refractivity contribution in [3.63, 3.8) is 0 Å². The van der Waals surface area contributed by atoms with Gasteiger partial charge in [0.1, 0.15) is 17.3 Å². The number of hydrogen-bond acceptors (Lipinski definition) is 9. The Morgan fingerprint density at radius 2 is 1.88 bits per heavy atom. The van der Waals surface area contributed by atoms with Gasteiger partial charge in [-0.1, -0.05) is 6.07 Å². The summed E-state index contributed by atoms with van der Waals surface area (Å²) in [6.45, 7) is 5.07. The Kier molecular flexibility index (Phi) is 8.11. The Bertz CT molecular complexity index is 1580. The SMILES string of the molecule is CCOC(=O)CCCN1c2cccc(OCCc3cnc4c(c3)C(=O)N(C)c3cccnc3N4CC)c2CS1(=O)=O. The van der Waals surface area contributed by atoms with Crippen LogP contribution in [0.5, 0.6) is 5.75 Å². The van der Waals surface area contributed by atoms with Gasteiger partial charge in [0.2, 0.25) is 10.0 Å². The molecule has 4 heterocycles. The van der Waals surface area contributed by atoms with E-state index in [0.717, 1.165) is 5.56 Å². The smallest absolute Gasteiger partial charge is 0.305 e. The highest BCUT2D eigenvalue weighted by atomic mass is 32.2. The summed E-state index contributed by atoms with van der Waals surface area (Å²) in [7, 11) is -1.84. The minimum Gasteiger partial charge on any atom is -0.493 e. The van der Waals surface area contributed by atoms with Crippen LogP contribution in [0.2, 0.25) is 0 Å². The molecule has 0 bridgehead atoms. The molecule has 216 valence electrons. The van der Waals surface area contributed by atoms with Gasteiger partial charge in [-0.3, -0.25) is 13.9 Å². The zero-order chi connectivity index (χ0) is 29.1. The summed E-state index contributed by atoms with van der Waals surface area (Å²) in [5, 5.41) is 0. The van der Waals surface area contributed by atoms with Crippen LogP contribution < -0.4 is 18.8 Å². The fraction of sp³-hybridized carbons (Fsp3) is 0.379. The summed E-state index contributed by atoms with van der Waals surface area (Å²) in [4.78, 5) is 37.7. The van der Waals surface area contributed by atoms with Crippen LogP contribution in [0.4, 0.5) is 23.0 Å². The van der Waals surface area contributed by atoms with E-state index in [1.807, 2.05) is 24.0 Å². The molecule has 1 aromatic carbocycles. The summed E-state index contributed by atoms with van der Waals surface area (Å²) in [5.41, 5.74) is 3.19. The first-order valence-corrected chi connectivity index (χ1v) is 15.3. The maximum absolute atomic E-state index is 13.4. The molecule has 0 N–H and O–H groups in total. The molecular formula is C29H33N5O6S. The van der Waals surface area contributed by atoms with Crippen molar-refractivity contribution in [3.8, 4) is 5.75 Å². The minimum atomic E-state index is -3.57. The number of ether oxygens (including phenoxy) is 2. The number of nitrogens with zero attached hydrogens (tertiary/aromatic N) is 5. The number of fused-ring (bicyclic) bond motifs is 3. The van der Waals surface area contributed by atoms with Gasteiger partial charge in [0.25, 0.3) is 5.91 Å². The van der Waals surface area contributed by atoms with Crippen molar-refractivity contribution in [3.05, 3.63) is 65.5 Å². The zero-order valence-corrected chi connectivity index (χ0v) is 24.2. The van der Waals surface area contributed by atoms with Crippen molar-refractivity contribution in [1.29, 1.82) is 0 Å². The quantitative estimate of drug-likeness (QED) is 0.330. The third kappa shape index (κ3) is 5.56. The van der Waals surface area contributed by atoms with Gasteiger partial charge in [-0.05, 0) is 56.2 Å². The van der Waals surface area contributed by atoms with Gasteiger partial charge in [0.15, 0.2) is 5.82 Å². The van der Waals surface area contributed by atoms with Crippen LogP contribution in [0, 0.1) is 0 Å². The maximum atomic E-state index is 13.4. The van der Waals surface area contributed by atoms with Crippen LogP contribution >= 0.6 is 0 Å². The van der Waals surface area contributed by atoms with Crippen LogP contribution in [0.15, 0.2) is 48.8 Å². The maximum Gasteiger partial charge on any atom is 0.305 e. The molecule has 2 aliphatic rings. The first kappa shape index (κ1) is 28.3. The third-order valence-corrected chi connectivity index (χ3v) is 8.85. The number of esters is 1. The molecule has 0 fully saturated rings. The summed E-state index contributed by atoms with van der Waals surface area (Å²) in [6, 6.07) is 10.8. The number of carbonyl (C=O) groups excluding carboxylic acids is 2. The van der Waals surface area contributed by atoms with E-state index in [9.17, 15) is 18.0 Å². The molecule has 0 unspecified atom stereocenters. The van der Waals surface area contributed by atoms with Crippen LogP contribution in [0.3, 0.4) is 0 Å². The predicted octanol–water partition coefficient (Wildman–Crippen LogP) is 3.84. The number of sulfonamides is 1. The molecule has 3 aromatic rings. The van der Waals surface area contributed by atoms with E-state index in [1.54, 1.807) is 55.5 Å². The van der Waals surface area contributed by atoms with Crippen molar-refractivity contribution < 1.29 is 27.5 Å². The molecule has 2 aromatic heterocycles. The number of amides is 1. The molecule has 0 saturated carbocycles. The normalized spacial score (nSPS) is 15.2. The second-order valence-electron chi connectivity index (χ2n) is 9.76. The molecule has 2 aliphatic heterocycles. The second kappa shape index (κ2) is 11.7. The van der Waals surface area contributed by atoms with Gasteiger partial charge in [-0.15, -0.1) is 0 Å². The van der Waals surface area contributed by atoms with Crippen molar-refractivity contribution in [2.24, 2.45) is 0 Å². The molecule has 11 nitrogen and oxygen atoms in total. The minimum absolute atomic E-state index is 0.150. The second-order valence-corrected chi connectivity index (χ2v) is 11.7. The van der Waals surface area contributed by atoms with Crippen molar-refractivity contribution >= 4 is 44.9 Å². The number of carbonyl (C=O) groups is 2. The van der Waals surface area contributed by atoms with E-state index < -0.39 is 10.0 Å². The molecule has 0 saturated heterocycles. The number of anilines is 4. The summed E-state index contributed by atoms with van der Waals surface area (Å²) in [6.07, 6.45) is 4.41. The highest BCUT2D eigenvalue weighted by Crippen LogP contribution is 2.40. The first-order chi connectivity index (χ1) is 19.7. The summed E-state index contributed by atoms with van der Waals surface area (Å²) >= 11 is 0. The highest BCUT2D eigenvalue weighted by Gasteiger charge is 2.35. The number of aromatic nitrogens is 2. The Balaban J connectivity index is 1.30.